The maximum absolute atomic E-state index is 13.5. The molecule has 0 spiro atoms. The Morgan fingerprint density at radius 3 is 2.48 bits per heavy atom. The number of likely N-dealkylation sites (tertiary alicyclic amines) is 1. The van der Waals surface area contributed by atoms with E-state index in [-0.39, 0.29) is 34.5 Å². The predicted octanol–water partition coefficient (Wildman–Crippen LogP) is 4.45. The summed E-state index contributed by atoms with van der Waals surface area (Å²) in [7, 11) is 0. The Kier molecular flexibility index (Phi) is 4.60. The highest BCUT2D eigenvalue weighted by atomic mass is 19.4. The first-order valence-electron chi connectivity index (χ1n) is 9.47. The molecule has 0 unspecified atom stereocenters. The first-order chi connectivity index (χ1) is 12.8. The molecule has 5 nitrogen and oxygen atoms in total. The molecule has 1 amide bonds. The van der Waals surface area contributed by atoms with Crippen molar-refractivity contribution in [2.24, 2.45) is 5.92 Å². The maximum atomic E-state index is 13.5. The van der Waals surface area contributed by atoms with Gasteiger partial charge in [0.2, 0.25) is 5.91 Å². The molecule has 1 aliphatic carbocycles. The average molecular weight is 381 g/mol. The van der Waals surface area contributed by atoms with E-state index in [1.165, 1.54) is 6.92 Å². The Hall–Kier alpha value is -2.12. The van der Waals surface area contributed by atoms with Crippen molar-refractivity contribution in [3.8, 4) is 0 Å². The zero-order chi connectivity index (χ0) is 19.2. The number of nitrogens with zero attached hydrogens (tertiary/aromatic N) is 3. The average Bonchev–Trinajstić information content (AvgIpc) is 3.30. The van der Waals surface area contributed by atoms with Crippen LogP contribution < -0.4 is 0 Å². The first kappa shape index (κ1) is 18.3. The molecule has 0 radical (unpaired) electrons. The normalized spacial score (nSPS) is 19.9. The van der Waals surface area contributed by atoms with Gasteiger partial charge in [0.05, 0.1) is 16.6 Å². The molecular weight excluding hydrogens is 359 g/mol. The van der Waals surface area contributed by atoms with Gasteiger partial charge in [-0.05, 0) is 38.7 Å². The van der Waals surface area contributed by atoms with Crippen molar-refractivity contribution in [2.45, 2.75) is 57.5 Å². The van der Waals surface area contributed by atoms with Gasteiger partial charge in [0.15, 0.2) is 0 Å². The molecule has 1 saturated carbocycles. The molecule has 8 heteroatoms. The number of hydrogen-bond acceptors (Lipinski definition) is 4. The van der Waals surface area contributed by atoms with Gasteiger partial charge >= 0.3 is 6.18 Å². The van der Waals surface area contributed by atoms with Crippen molar-refractivity contribution >= 4 is 17.0 Å². The second-order valence-corrected chi connectivity index (χ2v) is 7.62. The maximum Gasteiger partial charge on any atom is 0.417 e. The van der Waals surface area contributed by atoms with Crippen molar-refractivity contribution in [1.82, 2.24) is 15.0 Å². The quantitative estimate of drug-likeness (QED) is 0.771. The molecule has 0 aromatic carbocycles. The fourth-order valence-electron chi connectivity index (χ4n) is 4.37. The van der Waals surface area contributed by atoms with Crippen LogP contribution in [0.2, 0.25) is 0 Å². The van der Waals surface area contributed by atoms with Crippen LogP contribution in [0, 0.1) is 12.8 Å². The number of alkyl halides is 3. The van der Waals surface area contributed by atoms with Crippen molar-refractivity contribution in [1.29, 1.82) is 0 Å². The van der Waals surface area contributed by atoms with Crippen LogP contribution in [0.25, 0.3) is 11.1 Å². The number of piperidine rings is 1. The van der Waals surface area contributed by atoms with Crippen LogP contribution in [0.3, 0.4) is 0 Å². The summed E-state index contributed by atoms with van der Waals surface area (Å²) in [5.74, 6) is 0.217. The molecule has 0 bridgehead atoms. The zero-order valence-electron chi connectivity index (χ0n) is 15.2. The number of fused-ring (bicyclic) bond motifs is 1. The number of pyridine rings is 1. The fourth-order valence-corrected chi connectivity index (χ4v) is 4.37. The van der Waals surface area contributed by atoms with Gasteiger partial charge in [0.1, 0.15) is 0 Å². The Morgan fingerprint density at radius 2 is 1.85 bits per heavy atom. The summed E-state index contributed by atoms with van der Waals surface area (Å²) in [6.45, 7) is 2.61. The molecule has 0 N–H and O–H groups in total. The van der Waals surface area contributed by atoms with Crippen LogP contribution in [0.15, 0.2) is 10.6 Å². The summed E-state index contributed by atoms with van der Waals surface area (Å²) in [6.07, 6.45) is 0.850. The molecule has 2 aliphatic rings. The van der Waals surface area contributed by atoms with Gasteiger partial charge in [-0.15, -0.1) is 0 Å². The molecule has 1 saturated heterocycles. The highest BCUT2D eigenvalue weighted by Gasteiger charge is 2.37. The lowest BCUT2D eigenvalue weighted by Crippen LogP contribution is -2.41. The topological polar surface area (TPSA) is 59.2 Å². The summed E-state index contributed by atoms with van der Waals surface area (Å²) in [5.41, 5.74) is -0.250. The third kappa shape index (κ3) is 3.41. The highest BCUT2D eigenvalue weighted by molar-refractivity contribution is 5.81. The summed E-state index contributed by atoms with van der Waals surface area (Å²) < 4.78 is 45.6. The summed E-state index contributed by atoms with van der Waals surface area (Å²) in [6, 6.07) is 1.13. The number of aromatic nitrogens is 2. The van der Waals surface area contributed by atoms with Crippen LogP contribution >= 0.6 is 0 Å². The zero-order valence-corrected chi connectivity index (χ0v) is 15.2. The number of hydrogen-bond donors (Lipinski definition) is 0. The largest absolute Gasteiger partial charge is 0.417 e. The second kappa shape index (κ2) is 6.80. The lowest BCUT2D eigenvalue weighted by molar-refractivity contribution is -0.136. The van der Waals surface area contributed by atoms with Crippen LogP contribution in [-0.2, 0) is 11.0 Å². The van der Waals surface area contributed by atoms with Gasteiger partial charge < -0.3 is 9.42 Å². The molecule has 4 rings (SSSR count). The van der Waals surface area contributed by atoms with E-state index in [1.807, 2.05) is 4.90 Å². The molecule has 2 aromatic rings. The predicted molar refractivity (Wildman–Crippen MR) is 92.1 cm³/mol. The van der Waals surface area contributed by atoms with E-state index in [9.17, 15) is 18.0 Å². The monoisotopic (exact) mass is 381 g/mol. The number of halogens is 3. The summed E-state index contributed by atoms with van der Waals surface area (Å²) >= 11 is 0. The van der Waals surface area contributed by atoms with E-state index in [1.54, 1.807) is 0 Å². The van der Waals surface area contributed by atoms with E-state index < -0.39 is 11.7 Å². The molecule has 2 fully saturated rings. The number of amides is 1. The van der Waals surface area contributed by atoms with E-state index in [0.717, 1.165) is 31.7 Å². The summed E-state index contributed by atoms with van der Waals surface area (Å²) in [4.78, 5) is 18.7. The number of carbonyl (C=O) groups is 1. The van der Waals surface area contributed by atoms with E-state index in [4.69, 9.17) is 4.52 Å². The Morgan fingerprint density at radius 1 is 1.19 bits per heavy atom. The Bertz CT molecular complexity index is 848. The van der Waals surface area contributed by atoms with Crippen LogP contribution in [-0.4, -0.2) is 34.0 Å². The smallest absolute Gasteiger partial charge is 0.342 e. The van der Waals surface area contributed by atoms with E-state index in [0.29, 0.717) is 31.6 Å². The lowest BCUT2D eigenvalue weighted by Gasteiger charge is -2.33. The number of carbonyl (C=O) groups excluding carboxylic acids is 1. The van der Waals surface area contributed by atoms with Gasteiger partial charge in [0.25, 0.3) is 5.71 Å². The number of rotatable bonds is 2. The summed E-state index contributed by atoms with van der Waals surface area (Å²) in [5, 5.41) is 3.58. The number of aryl methyl sites for hydroxylation is 1. The molecular formula is C19H22F3N3O2. The first-order valence-corrected chi connectivity index (χ1v) is 9.47. The highest BCUT2D eigenvalue weighted by Crippen LogP contribution is 2.39. The van der Waals surface area contributed by atoms with Gasteiger partial charge in [-0.2, -0.15) is 13.2 Å². The third-order valence-corrected chi connectivity index (χ3v) is 5.87. The Labute approximate surface area is 154 Å². The van der Waals surface area contributed by atoms with Crippen molar-refractivity contribution in [2.75, 3.05) is 13.1 Å². The van der Waals surface area contributed by atoms with Gasteiger partial charge in [-0.25, -0.2) is 4.98 Å². The van der Waals surface area contributed by atoms with Crippen molar-refractivity contribution < 1.29 is 22.5 Å². The van der Waals surface area contributed by atoms with Crippen LogP contribution in [0.1, 0.15) is 61.4 Å². The molecule has 146 valence electrons. The minimum Gasteiger partial charge on any atom is -0.342 e. The van der Waals surface area contributed by atoms with Gasteiger partial charge in [-0.1, -0.05) is 18.0 Å². The van der Waals surface area contributed by atoms with Crippen LogP contribution in [0.5, 0.6) is 0 Å². The lowest BCUT2D eigenvalue weighted by atomic mass is 9.91. The molecule has 3 heterocycles. The SMILES string of the molecule is Cc1noc2nc(C3CCN(C(=O)C4CCCC4)CC3)cc(C(F)(F)F)c12. The van der Waals surface area contributed by atoms with Gasteiger partial charge in [-0.3, -0.25) is 4.79 Å². The van der Waals surface area contributed by atoms with Crippen LogP contribution in [0.4, 0.5) is 13.2 Å². The molecule has 27 heavy (non-hydrogen) atoms. The Balaban J connectivity index is 1.54. The minimum atomic E-state index is -4.49. The molecule has 0 atom stereocenters. The van der Waals surface area contributed by atoms with E-state index >= 15 is 0 Å². The standard InChI is InChI=1S/C19H22F3N3O2/c1-11-16-14(19(20,21)22)10-15(23-17(16)27-24-11)12-6-8-25(9-7-12)18(26)13-4-2-3-5-13/h10,12-13H,2-9H2,1H3. The minimum absolute atomic E-state index is 0.0678. The van der Waals surface area contributed by atoms with Gasteiger partial charge in [0, 0.05) is 30.6 Å². The fraction of sp³-hybridized carbons (Fsp3) is 0.632. The van der Waals surface area contributed by atoms with Crippen molar-refractivity contribution in [3.05, 3.63) is 23.0 Å². The molecule has 1 aliphatic heterocycles. The second-order valence-electron chi connectivity index (χ2n) is 7.62. The third-order valence-electron chi connectivity index (χ3n) is 5.87. The molecule has 2 aromatic heterocycles. The van der Waals surface area contributed by atoms with Crippen molar-refractivity contribution in [3.63, 3.8) is 0 Å². The van der Waals surface area contributed by atoms with E-state index in [2.05, 4.69) is 10.1 Å².